The summed E-state index contributed by atoms with van der Waals surface area (Å²) in [7, 11) is 1.38. The van der Waals surface area contributed by atoms with E-state index >= 15 is 0 Å². The van der Waals surface area contributed by atoms with Crippen LogP contribution in [0.25, 0.3) is 0 Å². The van der Waals surface area contributed by atoms with Gasteiger partial charge >= 0.3 is 0 Å². The molecule has 0 heterocycles. The van der Waals surface area contributed by atoms with Crippen molar-refractivity contribution in [3.05, 3.63) is 0 Å². The second-order valence-electron chi connectivity index (χ2n) is 2.86. The minimum absolute atomic E-state index is 0.0633. The number of Topliss-reactive ketones (excluding diaryl/α,β-unsaturated/α-hetero) is 1. The molecule has 0 aromatic carbocycles. The van der Waals surface area contributed by atoms with Crippen molar-refractivity contribution in [2.45, 2.75) is 20.8 Å². The van der Waals surface area contributed by atoms with Gasteiger partial charge in [0.15, 0.2) is 5.71 Å². The van der Waals surface area contributed by atoms with Crippen LogP contribution in [-0.4, -0.2) is 31.1 Å². The van der Waals surface area contributed by atoms with Gasteiger partial charge < -0.3 is 15.4 Å². The summed E-state index contributed by atoms with van der Waals surface area (Å²) in [5, 5.41) is 7.13. The van der Waals surface area contributed by atoms with Crippen LogP contribution >= 0.6 is 0 Å². The number of carbonyl (C=O) groups excluding carboxylic acids is 1. The number of ether oxygens (including phenoxy) is 1. The normalized spacial score (nSPS) is 14.7. The zero-order valence-electron chi connectivity index (χ0n) is 9.48. The Labute approximate surface area is 89.1 Å². The summed E-state index contributed by atoms with van der Waals surface area (Å²) in [6.45, 7) is 5.32. The van der Waals surface area contributed by atoms with Gasteiger partial charge in [-0.15, -0.1) is 5.10 Å². The Morgan fingerprint density at radius 1 is 1.53 bits per heavy atom. The Hall–Kier alpha value is -1.59. The maximum atomic E-state index is 11.2. The molecule has 86 valence electrons. The SMILES string of the molecule is CCOC(=NN)C(=NOC)C(C)C(C)=O. The van der Waals surface area contributed by atoms with Gasteiger partial charge in [-0.25, -0.2) is 0 Å². The largest absolute Gasteiger partial charge is 0.476 e. The fraction of sp³-hybridized carbons (Fsp3) is 0.667. The van der Waals surface area contributed by atoms with Gasteiger partial charge in [0.2, 0.25) is 0 Å². The molecule has 0 aliphatic carbocycles. The zero-order valence-corrected chi connectivity index (χ0v) is 9.48. The summed E-state index contributed by atoms with van der Waals surface area (Å²) < 4.78 is 5.14. The first-order valence-corrected chi connectivity index (χ1v) is 4.60. The van der Waals surface area contributed by atoms with E-state index in [1.165, 1.54) is 14.0 Å². The fourth-order valence-corrected chi connectivity index (χ4v) is 0.908. The number of hydrazone groups is 1. The van der Waals surface area contributed by atoms with Gasteiger partial charge in [0.05, 0.1) is 12.5 Å². The summed E-state index contributed by atoms with van der Waals surface area (Å²) in [5.74, 6) is 4.75. The van der Waals surface area contributed by atoms with Gasteiger partial charge in [0.25, 0.3) is 5.90 Å². The number of nitrogens with zero attached hydrogens (tertiary/aromatic N) is 2. The monoisotopic (exact) mass is 215 g/mol. The molecule has 0 saturated heterocycles. The minimum Gasteiger partial charge on any atom is -0.476 e. The highest BCUT2D eigenvalue weighted by Crippen LogP contribution is 2.04. The van der Waals surface area contributed by atoms with E-state index < -0.39 is 5.92 Å². The van der Waals surface area contributed by atoms with E-state index in [2.05, 4.69) is 15.1 Å². The van der Waals surface area contributed by atoms with E-state index in [1.807, 2.05) is 0 Å². The summed E-state index contributed by atoms with van der Waals surface area (Å²) in [6, 6.07) is 0. The van der Waals surface area contributed by atoms with Crippen LogP contribution in [0, 0.1) is 5.92 Å². The van der Waals surface area contributed by atoms with E-state index in [-0.39, 0.29) is 11.7 Å². The lowest BCUT2D eigenvalue weighted by Gasteiger charge is -2.12. The highest BCUT2D eigenvalue weighted by Gasteiger charge is 2.23. The molecule has 1 unspecified atom stereocenters. The molecule has 6 nitrogen and oxygen atoms in total. The Bertz CT molecular complexity index is 274. The Balaban J connectivity index is 4.96. The van der Waals surface area contributed by atoms with Crippen LogP contribution in [0.5, 0.6) is 0 Å². The van der Waals surface area contributed by atoms with Crippen LogP contribution in [-0.2, 0) is 14.4 Å². The van der Waals surface area contributed by atoms with Gasteiger partial charge in [-0.3, -0.25) is 4.79 Å². The van der Waals surface area contributed by atoms with Crippen LogP contribution < -0.4 is 5.84 Å². The average Bonchev–Trinajstić information content (AvgIpc) is 2.22. The zero-order chi connectivity index (χ0) is 11.8. The number of rotatable bonds is 5. The van der Waals surface area contributed by atoms with E-state index in [4.69, 9.17) is 10.6 Å². The first-order chi connectivity index (χ1) is 7.08. The third-order valence-corrected chi connectivity index (χ3v) is 1.83. The Morgan fingerprint density at radius 3 is 2.47 bits per heavy atom. The predicted octanol–water partition coefficient (Wildman–Crippen LogP) is 0.523. The lowest BCUT2D eigenvalue weighted by atomic mass is 10.0. The van der Waals surface area contributed by atoms with Crippen LogP contribution in [0.2, 0.25) is 0 Å². The van der Waals surface area contributed by atoms with Crippen LogP contribution in [0.3, 0.4) is 0 Å². The second kappa shape index (κ2) is 6.80. The smallest absolute Gasteiger partial charge is 0.256 e. The lowest BCUT2D eigenvalue weighted by molar-refractivity contribution is -0.118. The number of nitrogens with two attached hydrogens (primary N) is 1. The molecule has 0 aromatic heterocycles. The summed E-state index contributed by atoms with van der Waals surface area (Å²) in [4.78, 5) is 15.8. The first kappa shape index (κ1) is 13.4. The average molecular weight is 215 g/mol. The van der Waals surface area contributed by atoms with Gasteiger partial charge in [0.1, 0.15) is 12.9 Å². The first-order valence-electron chi connectivity index (χ1n) is 4.60. The number of hydrogen-bond acceptors (Lipinski definition) is 6. The van der Waals surface area contributed by atoms with Crippen molar-refractivity contribution >= 4 is 17.4 Å². The molecule has 0 aliphatic heterocycles. The molecule has 0 rings (SSSR count). The molecule has 2 N–H and O–H groups in total. The molecule has 0 radical (unpaired) electrons. The molecular weight excluding hydrogens is 198 g/mol. The number of oxime groups is 1. The Kier molecular flexibility index (Phi) is 6.08. The van der Waals surface area contributed by atoms with Gasteiger partial charge in [0, 0.05) is 0 Å². The van der Waals surface area contributed by atoms with Crippen molar-refractivity contribution in [3.63, 3.8) is 0 Å². The van der Waals surface area contributed by atoms with Crippen molar-refractivity contribution in [2.24, 2.45) is 22.0 Å². The van der Waals surface area contributed by atoms with Crippen LogP contribution in [0.1, 0.15) is 20.8 Å². The molecular formula is C9H17N3O3. The van der Waals surface area contributed by atoms with Crippen molar-refractivity contribution in [1.82, 2.24) is 0 Å². The lowest BCUT2D eigenvalue weighted by Crippen LogP contribution is -2.30. The molecule has 0 saturated carbocycles. The molecule has 0 spiro atoms. The van der Waals surface area contributed by atoms with E-state index in [0.29, 0.717) is 12.3 Å². The highest BCUT2D eigenvalue weighted by molar-refractivity contribution is 6.42. The topological polar surface area (TPSA) is 86.3 Å². The molecule has 6 heteroatoms. The molecule has 0 amide bonds. The van der Waals surface area contributed by atoms with E-state index in [9.17, 15) is 4.79 Å². The third kappa shape index (κ3) is 3.97. The number of ketones is 1. The molecule has 0 aromatic rings. The van der Waals surface area contributed by atoms with E-state index in [1.54, 1.807) is 13.8 Å². The van der Waals surface area contributed by atoms with Gasteiger partial charge in [-0.1, -0.05) is 5.16 Å². The van der Waals surface area contributed by atoms with Crippen molar-refractivity contribution in [1.29, 1.82) is 0 Å². The second-order valence-corrected chi connectivity index (χ2v) is 2.86. The van der Waals surface area contributed by atoms with Crippen molar-refractivity contribution in [2.75, 3.05) is 13.7 Å². The minimum atomic E-state index is -0.459. The van der Waals surface area contributed by atoms with Crippen molar-refractivity contribution in [3.8, 4) is 0 Å². The Morgan fingerprint density at radius 2 is 2.13 bits per heavy atom. The van der Waals surface area contributed by atoms with Gasteiger partial charge in [-0.05, 0) is 20.8 Å². The summed E-state index contributed by atoms with van der Waals surface area (Å²) >= 11 is 0. The van der Waals surface area contributed by atoms with Crippen LogP contribution in [0.15, 0.2) is 10.3 Å². The van der Waals surface area contributed by atoms with Crippen molar-refractivity contribution < 1.29 is 14.4 Å². The third-order valence-electron chi connectivity index (χ3n) is 1.83. The molecule has 1 atom stereocenters. The molecule has 0 aliphatic rings. The molecule has 0 bridgehead atoms. The van der Waals surface area contributed by atoms with E-state index in [0.717, 1.165) is 0 Å². The van der Waals surface area contributed by atoms with Crippen LogP contribution in [0.4, 0.5) is 0 Å². The molecule has 0 fully saturated rings. The maximum Gasteiger partial charge on any atom is 0.256 e. The fourth-order valence-electron chi connectivity index (χ4n) is 0.908. The standard InChI is InChI=1S/C9H17N3O3/c1-5-15-9(11-10)8(12-14-4)6(2)7(3)13/h6H,5,10H2,1-4H3. The van der Waals surface area contributed by atoms with Gasteiger partial charge in [-0.2, -0.15) is 0 Å². The molecule has 15 heavy (non-hydrogen) atoms. The predicted molar refractivity (Wildman–Crippen MR) is 57.5 cm³/mol. The maximum absolute atomic E-state index is 11.2. The highest BCUT2D eigenvalue weighted by atomic mass is 16.6. The quantitative estimate of drug-likeness (QED) is 0.313. The number of hydrogen-bond donors (Lipinski definition) is 1. The summed E-state index contributed by atoms with van der Waals surface area (Å²) in [5.41, 5.74) is 0.300. The summed E-state index contributed by atoms with van der Waals surface area (Å²) in [6.07, 6.45) is 0. The number of carbonyl (C=O) groups is 1.